The quantitative estimate of drug-likeness (QED) is 0.218. The van der Waals surface area contributed by atoms with Gasteiger partial charge in [0.15, 0.2) is 0 Å². The maximum absolute atomic E-state index is 6.13. The lowest BCUT2D eigenvalue weighted by molar-refractivity contribution is 0.654. The molecule has 0 aliphatic carbocycles. The van der Waals surface area contributed by atoms with Gasteiger partial charge in [-0.15, -0.1) is 0 Å². The minimum absolute atomic E-state index is 0.657. The molecule has 0 N–H and O–H groups in total. The van der Waals surface area contributed by atoms with Gasteiger partial charge in [0.25, 0.3) is 0 Å². The zero-order valence-electron chi connectivity index (χ0n) is 23.1. The van der Waals surface area contributed by atoms with Crippen LogP contribution in [0.5, 0.6) is 0 Å². The summed E-state index contributed by atoms with van der Waals surface area (Å²) in [6.07, 6.45) is 1.90. The van der Waals surface area contributed by atoms with Crippen LogP contribution in [0.25, 0.3) is 65.9 Å². The molecule has 0 saturated carbocycles. The fraction of sp³-hybridized carbons (Fsp3) is 0. The van der Waals surface area contributed by atoms with Crippen molar-refractivity contribution in [3.63, 3.8) is 0 Å². The van der Waals surface area contributed by atoms with E-state index >= 15 is 0 Å². The number of fused-ring (bicyclic) bond motifs is 8. The van der Waals surface area contributed by atoms with Crippen LogP contribution in [-0.2, 0) is 0 Å². The number of furan rings is 2. The number of hydrogen-bond donors (Lipinski definition) is 0. The average molecular weight is 553 g/mol. The van der Waals surface area contributed by atoms with Gasteiger partial charge in [-0.05, 0) is 77.0 Å². The molecule has 0 aliphatic rings. The Hall–Kier alpha value is -5.87. The Morgan fingerprint density at radius 3 is 2.02 bits per heavy atom. The minimum Gasteiger partial charge on any atom is -0.456 e. The van der Waals surface area contributed by atoms with Crippen molar-refractivity contribution in [2.24, 2.45) is 0 Å². The van der Waals surface area contributed by atoms with E-state index < -0.39 is 0 Å². The normalized spacial score (nSPS) is 11.7. The summed E-state index contributed by atoms with van der Waals surface area (Å²) in [7, 11) is 0. The number of pyridine rings is 1. The summed E-state index contributed by atoms with van der Waals surface area (Å²) < 4.78 is 12.2. The molecule has 0 spiro atoms. The zero-order chi connectivity index (χ0) is 28.3. The summed E-state index contributed by atoms with van der Waals surface area (Å²) in [5.41, 5.74) is 8.66. The van der Waals surface area contributed by atoms with Crippen LogP contribution in [0.4, 0.5) is 17.1 Å². The second-order valence-corrected chi connectivity index (χ2v) is 10.8. The van der Waals surface area contributed by atoms with Gasteiger partial charge in [0.05, 0.1) is 0 Å². The standard InChI is InChI=1S/C39H24N2O2/c1-2-9-28(10-3-1)41(30-19-21-36-33(23-30)32-12-6-7-13-35(32)42-36)29-17-14-25(15-18-29)27-22-34-38-31-11-5-4-8-26(31)16-20-37(38)43-39(34)40-24-27/h1-24H. The van der Waals surface area contributed by atoms with Crippen molar-refractivity contribution in [2.75, 3.05) is 4.90 Å². The highest BCUT2D eigenvalue weighted by Crippen LogP contribution is 2.40. The molecule has 0 fully saturated rings. The molecule has 0 amide bonds. The highest BCUT2D eigenvalue weighted by atomic mass is 16.3. The molecule has 3 aromatic heterocycles. The van der Waals surface area contributed by atoms with Crippen molar-refractivity contribution in [3.05, 3.63) is 146 Å². The number of anilines is 3. The Balaban J connectivity index is 1.16. The molecule has 0 saturated heterocycles. The summed E-state index contributed by atoms with van der Waals surface area (Å²) in [6.45, 7) is 0. The first kappa shape index (κ1) is 23.8. The second-order valence-electron chi connectivity index (χ2n) is 10.8. The van der Waals surface area contributed by atoms with Crippen LogP contribution in [0.2, 0.25) is 0 Å². The highest BCUT2D eigenvalue weighted by molar-refractivity contribution is 6.18. The molecule has 0 aliphatic heterocycles. The monoisotopic (exact) mass is 552 g/mol. The molecule has 9 rings (SSSR count). The van der Waals surface area contributed by atoms with Crippen LogP contribution in [0.3, 0.4) is 0 Å². The topological polar surface area (TPSA) is 42.4 Å². The van der Waals surface area contributed by atoms with Gasteiger partial charge >= 0.3 is 0 Å². The van der Waals surface area contributed by atoms with Gasteiger partial charge in [0.1, 0.15) is 16.7 Å². The molecule has 0 atom stereocenters. The van der Waals surface area contributed by atoms with Gasteiger partial charge in [0.2, 0.25) is 5.71 Å². The fourth-order valence-corrected chi connectivity index (χ4v) is 6.27. The van der Waals surface area contributed by atoms with E-state index in [1.54, 1.807) is 0 Å². The molecule has 4 heteroatoms. The Kier molecular flexibility index (Phi) is 5.16. The molecule has 4 nitrogen and oxygen atoms in total. The maximum atomic E-state index is 6.13. The smallest absolute Gasteiger partial charge is 0.227 e. The number of benzene rings is 6. The van der Waals surface area contributed by atoms with Gasteiger partial charge in [-0.25, -0.2) is 4.98 Å². The maximum Gasteiger partial charge on any atom is 0.227 e. The van der Waals surface area contributed by atoms with Crippen molar-refractivity contribution in [2.45, 2.75) is 0 Å². The van der Waals surface area contributed by atoms with Crippen molar-refractivity contribution in [1.82, 2.24) is 4.98 Å². The van der Waals surface area contributed by atoms with Gasteiger partial charge in [-0.1, -0.05) is 78.9 Å². The van der Waals surface area contributed by atoms with Crippen LogP contribution in [0.1, 0.15) is 0 Å². The van der Waals surface area contributed by atoms with Crippen LogP contribution >= 0.6 is 0 Å². The molecule has 0 unspecified atom stereocenters. The van der Waals surface area contributed by atoms with Crippen LogP contribution in [-0.4, -0.2) is 4.98 Å². The Morgan fingerprint density at radius 1 is 0.442 bits per heavy atom. The van der Waals surface area contributed by atoms with Gasteiger partial charge in [-0.3, -0.25) is 0 Å². The van der Waals surface area contributed by atoms with E-state index in [0.717, 1.165) is 66.5 Å². The highest BCUT2D eigenvalue weighted by Gasteiger charge is 2.16. The van der Waals surface area contributed by atoms with Crippen molar-refractivity contribution < 1.29 is 8.83 Å². The lowest BCUT2D eigenvalue weighted by Crippen LogP contribution is -2.09. The Bertz CT molecular complexity index is 2450. The lowest BCUT2D eigenvalue weighted by Gasteiger charge is -2.25. The third-order valence-corrected chi connectivity index (χ3v) is 8.31. The predicted octanol–water partition coefficient (Wildman–Crippen LogP) is 11.2. The molecule has 9 aromatic rings. The molecule has 0 bridgehead atoms. The molecular formula is C39H24N2O2. The third-order valence-electron chi connectivity index (χ3n) is 8.31. The average Bonchev–Trinajstić information content (AvgIpc) is 3.64. The molecule has 0 radical (unpaired) electrons. The van der Waals surface area contributed by atoms with Gasteiger partial charge in [0, 0.05) is 50.4 Å². The molecule has 202 valence electrons. The van der Waals surface area contributed by atoms with E-state index in [4.69, 9.17) is 13.8 Å². The Labute approximate surface area is 247 Å². The van der Waals surface area contributed by atoms with E-state index in [1.807, 2.05) is 30.5 Å². The number of rotatable bonds is 4. The molecular weight excluding hydrogens is 528 g/mol. The first-order valence-corrected chi connectivity index (χ1v) is 14.4. The van der Waals surface area contributed by atoms with Crippen LogP contribution in [0.15, 0.2) is 155 Å². The van der Waals surface area contributed by atoms with Crippen LogP contribution in [0, 0.1) is 0 Å². The van der Waals surface area contributed by atoms with E-state index in [9.17, 15) is 0 Å². The molecule has 6 aromatic carbocycles. The van der Waals surface area contributed by atoms with E-state index in [0.29, 0.717) is 5.71 Å². The first-order valence-electron chi connectivity index (χ1n) is 14.4. The van der Waals surface area contributed by atoms with E-state index in [-0.39, 0.29) is 0 Å². The Morgan fingerprint density at radius 2 is 1.14 bits per heavy atom. The third kappa shape index (κ3) is 3.81. The summed E-state index contributed by atoms with van der Waals surface area (Å²) in [6, 6.07) is 48.5. The number of para-hydroxylation sites is 2. The molecule has 43 heavy (non-hydrogen) atoms. The SMILES string of the molecule is c1ccc(N(c2ccc(-c3cnc4oc5ccc6ccccc6c5c4c3)cc2)c2ccc3oc4ccccc4c3c2)cc1. The predicted molar refractivity (Wildman–Crippen MR) is 176 cm³/mol. The van der Waals surface area contributed by atoms with Crippen LogP contribution < -0.4 is 4.90 Å². The van der Waals surface area contributed by atoms with E-state index in [2.05, 4.69) is 120 Å². The summed E-state index contributed by atoms with van der Waals surface area (Å²) in [5.74, 6) is 0. The van der Waals surface area contributed by atoms with Crippen molar-refractivity contribution in [1.29, 1.82) is 0 Å². The summed E-state index contributed by atoms with van der Waals surface area (Å²) in [4.78, 5) is 7.00. The largest absolute Gasteiger partial charge is 0.456 e. The molecule has 3 heterocycles. The summed E-state index contributed by atoms with van der Waals surface area (Å²) >= 11 is 0. The fourth-order valence-electron chi connectivity index (χ4n) is 6.27. The van der Waals surface area contributed by atoms with Crippen molar-refractivity contribution >= 4 is 71.8 Å². The first-order chi connectivity index (χ1) is 21.3. The lowest BCUT2D eigenvalue weighted by atomic mass is 10.0. The minimum atomic E-state index is 0.657. The van der Waals surface area contributed by atoms with Crippen molar-refractivity contribution in [3.8, 4) is 11.1 Å². The number of hydrogen-bond acceptors (Lipinski definition) is 4. The van der Waals surface area contributed by atoms with E-state index in [1.165, 1.54) is 10.8 Å². The zero-order valence-corrected chi connectivity index (χ0v) is 23.1. The van der Waals surface area contributed by atoms with Gasteiger partial charge in [-0.2, -0.15) is 0 Å². The number of nitrogens with zero attached hydrogens (tertiary/aromatic N) is 2. The summed E-state index contributed by atoms with van der Waals surface area (Å²) in [5, 5.41) is 6.72. The number of aromatic nitrogens is 1. The second kappa shape index (κ2) is 9.33. The van der Waals surface area contributed by atoms with Gasteiger partial charge < -0.3 is 13.7 Å².